The van der Waals surface area contributed by atoms with Crippen LogP contribution in [0.1, 0.15) is 50.5 Å². The molecule has 0 radical (unpaired) electrons. The van der Waals surface area contributed by atoms with Gasteiger partial charge in [0.25, 0.3) is 0 Å². The van der Waals surface area contributed by atoms with Crippen LogP contribution in [0.25, 0.3) is 10.8 Å². The fraction of sp³-hybridized carbons (Fsp3) is 0.316. The van der Waals surface area contributed by atoms with Gasteiger partial charge in [0.1, 0.15) is 0 Å². The summed E-state index contributed by atoms with van der Waals surface area (Å²) in [5.41, 5.74) is 1.69. The smallest absolute Gasteiger partial charge is 0.173 e. The minimum atomic E-state index is -0.358. The normalized spacial score (nSPS) is 13.9. The van der Waals surface area contributed by atoms with Crippen LogP contribution in [-0.2, 0) is 5.41 Å². The van der Waals surface area contributed by atoms with Gasteiger partial charge in [-0.05, 0) is 37.1 Å². The first kappa shape index (κ1) is 16.2. The molecule has 0 saturated carbocycles. The quantitative estimate of drug-likeness (QED) is 0.574. The molecule has 0 unspecified atom stereocenters. The van der Waals surface area contributed by atoms with Crippen molar-refractivity contribution in [1.29, 1.82) is 0 Å². The van der Waals surface area contributed by atoms with Crippen molar-refractivity contribution in [2.45, 2.75) is 40.0 Å². The lowest BCUT2D eigenvalue weighted by Gasteiger charge is -2.16. The van der Waals surface area contributed by atoms with Crippen molar-refractivity contribution in [3.63, 3.8) is 0 Å². The van der Waals surface area contributed by atoms with Crippen molar-refractivity contribution in [2.75, 3.05) is 0 Å². The third kappa shape index (κ3) is 2.53. The van der Waals surface area contributed by atoms with Crippen molar-refractivity contribution < 1.29 is 4.79 Å². The maximum Gasteiger partial charge on any atom is 0.173 e. The van der Waals surface area contributed by atoms with Crippen LogP contribution >= 0.6 is 0 Å². The van der Waals surface area contributed by atoms with Crippen molar-refractivity contribution in [3.8, 4) is 0 Å². The lowest BCUT2D eigenvalue weighted by Crippen LogP contribution is -2.23. The van der Waals surface area contributed by atoms with Crippen LogP contribution in [0.3, 0.4) is 0 Å². The summed E-state index contributed by atoms with van der Waals surface area (Å²) in [5, 5.41) is 2.32. The Morgan fingerprint density at radius 1 is 1.05 bits per heavy atom. The van der Waals surface area contributed by atoms with E-state index in [9.17, 15) is 4.79 Å². The summed E-state index contributed by atoms with van der Waals surface area (Å²) >= 11 is 0. The zero-order valence-electron chi connectivity index (χ0n) is 13.2. The molecule has 2 aromatic rings. The Morgan fingerprint density at radius 2 is 1.55 bits per heavy atom. The highest BCUT2D eigenvalue weighted by Crippen LogP contribution is 2.41. The van der Waals surface area contributed by atoms with Gasteiger partial charge in [-0.3, -0.25) is 4.79 Å². The molecule has 0 aliphatic heterocycles. The molecular formula is C19H24O. The number of rotatable bonds is 0. The van der Waals surface area contributed by atoms with Crippen LogP contribution in [0.4, 0.5) is 0 Å². The summed E-state index contributed by atoms with van der Waals surface area (Å²) in [6.07, 6.45) is 1.75. The van der Waals surface area contributed by atoms with Crippen molar-refractivity contribution >= 4 is 16.6 Å². The summed E-state index contributed by atoms with van der Waals surface area (Å²) < 4.78 is 0. The van der Waals surface area contributed by atoms with E-state index in [0.29, 0.717) is 0 Å². The number of hydrogen-bond donors (Lipinski definition) is 0. The number of carbonyl (C=O) groups is 1. The minimum Gasteiger partial charge on any atom is -0.293 e. The molecule has 1 aliphatic rings. The van der Waals surface area contributed by atoms with Gasteiger partial charge in [-0.2, -0.15) is 0 Å². The average Bonchev–Trinajstić information content (AvgIpc) is 2.66. The number of benzene rings is 2. The number of hydrogen-bond acceptors (Lipinski definition) is 1. The predicted octanol–water partition coefficient (Wildman–Crippen LogP) is 5.53. The second-order valence-electron chi connectivity index (χ2n) is 5.07. The van der Waals surface area contributed by atoms with Gasteiger partial charge in [0.05, 0.1) is 5.41 Å². The largest absolute Gasteiger partial charge is 0.293 e. The Hall–Kier alpha value is -1.89. The number of carbonyl (C=O) groups excluding carboxylic acids is 1. The van der Waals surface area contributed by atoms with Gasteiger partial charge in [0.15, 0.2) is 5.78 Å². The molecule has 106 valence electrons. The van der Waals surface area contributed by atoms with Gasteiger partial charge in [0, 0.05) is 5.56 Å². The molecule has 0 saturated heterocycles. The van der Waals surface area contributed by atoms with Gasteiger partial charge in [-0.25, -0.2) is 0 Å². The van der Waals surface area contributed by atoms with Crippen LogP contribution in [0.5, 0.6) is 0 Å². The maximum absolute atomic E-state index is 12.2. The van der Waals surface area contributed by atoms with Crippen LogP contribution in [-0.4, -0.2) is 5.78 Å². The summed E-state index contributed by atoms with van der Waals surface area (Å²) in [7, 11) is 0. The average molecular weight is 268 g/mol. The SMILES string of the molecule is C=CC.CC.CC1(C)C(=O)c2cccc3cccc1c23. The Bertz CT molecular complexity index is 615. The highest BCUT2D eigenvalue weighted by Gasteiger charge is 2.39. The second kappa shape index (κ2) is 6.51. The van der Waals surface area contributed by atoms with E-state index in [1.165, 1.54) is 10.9 Å². The first-order valence-corrected chi connectivity index (χ1v) is 7.18. The molecule has 1 heteroatoms. The summed E-state index contributed by atoms with van der Waals surface area (Å²) in [6.45, 7) is 13.3. The van der Waals surface area contributed by atoms with Crippen molar-refractivity contribution in [1.82, 2.24) is 0 Å². The monoisotopic (exact) mass is 268 g/mol. The van der Waals surface area contributed by atoms with E-state index in [2.05, 4.69) is 24.8 Å². The summed E-state index contributed by atoms with van der Waals surface area (Å²) in [5.74, 6) is 0.245. The second-order valence-corrected chi connectivity index (χ2v) is 5.07. The molecule has 0 aromatic heterocycles. The van der Waals surface area contributed by atoms with Crippen LogP contribution in [0.2, 0.25) is 0 Å². The molecule has 0 atom stereocenters. The number of allylic oxidation sites excluding steroid dienone is 1. The number of ketones is 1. The van der Waals surface area contributed by atoms with Gasteiger partial charge < -0.3 is 0 Å². The molecule has 1 aliphatic carbocycles. The van der Waals surface area contributed by atoms with E-state index in [4.69, 9.17) is 0 Å². The van der Waals surface area contributed by atoms with E-state index in [1.54, 1.807) is 6.08 Å². The summed E-state index contributed by atoms with van der Waals surface area (Å²) in [4.78, 5) is 12.2. The zero-order chi connectivity index (χ0) is 15.3. The van der Waals surface area contributed by atoms with Gasteiger partial charge >= 0.3 is 0 Å². The predicted molar refractivity (Wildman–Crippen MR) is 88.5 cm³/mol. The first-order valence-electron chi connectivity index (χ1n) is 7.18. The van der Waals surface area contributed by atoms with Gasteiger partial charge in [-0.1, -0.05) is 56.3 Å². The molecule has 0 bridgehead atoms. The third-order valence-electron chi connectivity index (χ3n) is 3.39. The van der Waals surface area contributed by atoms with Crippen LogP contribution < -0.4 is 0 Å². The van der Waals surface area contributed by atoms with E-state index in [0.717, 1.165) is 10.9 Å². The Kier molecular flexibility index (Phi) is 5.26. The van der Waals surface area contributed by atoms with E-state index in [1.807, 2.05) is 52.8 Å². The molecule has 2 aromatic carbocycles. The van der Waals surface area contributed by atoms with Crippen molar-refractivity contribution in [3.05, 3.63) is 60.2 Å². The molecule has 0 amide bonds. The fourth-order valence-corrected chi connectivity index (χ4v) is 2.51. The lowest BCUT2D eigenvalue weighted by atomic mass is 9.84. The van der Waals surface area contributed by atoms with Crippen LogP contribution in [0, 0.1) is 0 Å². The molecular weight excluding hydrogens is 244 g/mol. The zero-order valence-corrected chi connectivity index (χ0v) is 13.2. The first-order chi connectivity index (χ1) is 9.54. The van der Waals surface area contributed by atoms with Crippen molar-refractivity contribution in [2.24, 2.45) is 0 Å². The number of Topliss-reactive ketones (excluding diaryl/α,β-unsaturated/α-hetero) is 1. The summed E-state index contributed by atoms with van der Waals surface area (Å²) in [6, 6.07) is 12.1. The van der Waals surface area contributed by atoms with Gasteiger partial charge in [0.2, 0.25) is 0 Å². The third-order valence-corrected chi connectivity index (χ3v) is 3.39. The lowest BCUT2D eigenvalue weighted by molar-refractivity contribution is 0.0920. The molecule has 0 spiro atoms. The highest BCUT2D eigenvalue weighted by molar-refractivity contribution is 6.19. The van der Waals surface area contributed by atoms with Gasteiger partial charge in [-0.15, -0.1) is 6.58 Å². The van der Waals surface area contributed by atoms with E-state index in [-0.39, 0.29) is 11.2 Å². The Morgan fingerprint density at radius 3 is 2.10 bits per heavy atom. The molecule has 1 nitrogen and oxygen atoms in total. The fourth-order valence-electron chi connectivity index (χ4n) is 2.51. The minimum absolute atomic E-state index is 0.245. The highest BCUT2D eigenvalue weighted by atomic mass is 16.1. The topological polar surface area (TPSA) is 17.1 Å². The van der Waals surface area contributed by atoms with E-state index >= 15 is 0 Å². The standard InChI is InChI=1S/C14H12O.C3H6.C2H6/c1-14(2)11-8-4-6-9-5-3-7-10(12(9)11)13(14)15;1-3-2;1-2/h3-8H,1-2H3;3H,1H2,2H3;1-2H3. The Balaban J connectivity index is 0.000000357. The van der Waals surface area contributed by atoms with E-state index < -0.39 is 0 Å². The molecule has 20 heavy (non-hydrogen) atoms. The Labute approximate surface area is 122 Å². The maximum atomic E-state index is 12.2. The molecule has 0 heterocycles. The molecule has 0 N–H and O–H groups in total. The molecule has 3 rings (SSSR count). The molecule has 0 fully saturated rings. The van der Waals surface area contributed by atoms with Crippen LogP contribution in [0.15, 0.2) is 49.1 Å².